The predicted molar refractivity (Wildman–Crippen MR) is 103 cm³/mol. The maximum absolute atomic E-state index is 13.6. The lowest BCUT2D eigenvalue weighted by Gasteiger charge is -2.11. The molecular formula is C21H16F2N4O. The summed E-state index contributed by atoms with van der Waals surface area (Å²) in [6.45, 7) is 0.853. The number of pyridine rings is 1. The smallest absolute Gasteiger partial charge is 0.270 e. The van der Waals surface area contributed by atoms with Crippen molar-refractivity contribution in [3.8, 4) is 11.4 Å². The van der Waals surface area contributed by atoms with Crippen LogP contribution in [0.5, 0.6) is 0 Å². The van der Waals surface area contributed by atoms with Crippen molar-refractivity contribution in [3.05, 3.63) is 78.1 Å². The number of para-hydroxylation sites is 1. The number of nitrogens with zero attached hydrogens (tertiary/aromatic N) is 2. The van der Waals surface area contributed by atoms with E-state index in [9.17, 15) is 13.6 Å². The summed E-state index contributed by atoms with van der Waals surface area (Å²) in [5.41, 5.74) is 2.54. The molecule has 2 aromatic carbocycles. The van der Waals surface area contributed by atoms with E-state index in [0.29, 0.717) is 33.7 Å². The molecule has 7 heteroatoms. The van der Waals surface area contributed by atoms with E-state index in [-0.39, 0.29) is 11.5 Å². The summed E-state index contributed by atoms with van der Waals surface area (Å²) in [5.74, 6) is -2.84. The van der Waals surface area contributed by atoms with E-state index in [2.05, 4.69) is 20.3 Å². The van der Waals surface area contributed by atoms with Gasteiger partial charge in [0.25, 0.3) is 11.8 Å². The Morgan fingerprint density at radius 2 is 1.82 bits per heavy atom. The fraction of sp³-hybridized carbons (Fsp3) is 0.0952. The summed E-state index contributed by atoms with van der Waals surface area (Å²) in [4.78, 5) is 24.2. The zero-order valence-corrected chi connectivity index (χ0v) is 14.9. The topological polar surface area (TPSA) is 70.7 Å². The zero-order valence-electron chi connectivity index (χ0n) is 14.9. The molecule has 0 aliphatic heterocycles. The number of hydrogen-bond acceptors (Lipinski definition) is 3. The fourth-order valence-corrected chi connectivity index (χ4v) is 2.93. The number of anilines is 1. The SMILES string of the molecule is CC(F)(F)c1cccc(-c2nc3c(C(=O)Nc4ccncc4)cccc3[nH]2)c1. The highest BCUT2D eigenvalue weighted by Crippen LogP contribution is 2.30. The fourth-order valence-electron chi connectivity index (χ4n) is 2.93. The highest BCUT2D eigenvalue weighted by atomic mass is 19.3. The molecule has 0 bridgehead atoms. The van der Waals surface area contributed by atoms with E-state index in [4.69, 9.17) is 0 Å². The molecule has 4 aromatic rings. The molecule has 0 aliphatic rings. The summed E-state index contributed by atoms with van der Waals surface area (Å²) in [7, 11) is 0. The number of fused-ring (bicyclic) bond motifs is 1. The minimum absolute atomic E-state index is 0.0962. The molecule has 5 nitrogen and oxygen atoms in total. The standard InChI is InChI=1S/C21H16F2N4O/c1-21(22,23)14-5-2-4-13(12-14)19-26-17-7-3-6-16(18(17)27-19)20(28)25-15-8-10-24-11-9-15/h2-12H,1H3,(H,26,27)(H,24,25,28). The summed E-state index contributed by atoms with van der Waals surface area (Å²) < 4.78 is 27.3. The molecule has 0 saturated carbocycles. The quantitative estimate of drug-likeness (QED) is 0.526. The number of amides is 1. The Morgan fingerprint density at radius 1 is 1.07 bits per heavy atom. The Hall–Kier alpha value is -3.61. The Morgan fingerprint density at radius 3 is 2.57 bits per heavy atom. The summed E-state index contributed by atoms with van der Waals surface area (Å²) in [6.07, 6.45) is 3.17. The first kappa shape index (κ1) is 17.8. The van der Waals surface area contributed by atoms with E-state index < -0.39 is 5.92 Å². The second-order valence-electron chi connectivity index (χ2n) is 6.45. The third-order valence-electron chi connectivity index (χ3n) is 4.34. The summed E-state index contributed by atoms with van der Waals surface area (Å²) in [6, 6.07) is 14.6. The van der Waals surface area contributed by atoms with Gasteiger partial charge in [0, 0.05) is 36.1 Å². The second kappa shape index (κ2) is 6.84. The molecule has 28 heavy (non-hydrogen) atoms. The number of hydrogen-bond donors (Lipinski definition) is 2. The second-order valence-corrected chi connectivity index (χ2v) is 6.45. The van der Waals surface area contributed by atoms with Crippen LogP contribution in [-0.2, 0) is 5.92 Å². The Balaban J connectivity index is 1.73. The molecule has 4 rings (SSSR count). The van der Waals surface area contributed by atoms with Gasteiger partial charge < -0.3 is 10.3 Å². The van der Waals surface area contributed by atoms with Crippen LogP contribution in [0.25, 0.3) is 22.4 Å². The number of aromatic amines is 1. The average Bonchev–Trinajstić information content (AvgIpc) is 3.12. The van der Waals surface area contributed by atoms with E-state index in [1.54, 1.807) is 54.9 Å². The van der Waals surface area contributed by atoms with Crippen molar-refractivity contribution >= 4 is 22.6 Å². The number of halogens is 2. The molecule has 0 aliphatic carbocycles. The average molecular weight is 378 g/mol. The first-order valence-electron chi connectivity index (χ1n) is 8.61. The van der Waals surface area contributed by atoms with E-state index in [0.717, 1.165) is 6.92 Å². The molecule has 0 saturated heterocycles. The Bertz CT molecular complexity index is 1150. The minimum atomic E-state index is -2.95. The Labute approximate surface area is 159 Å². The number of nitrogens with one attached hydrogen (secondary N) is 2. The number of benzene rings is 2. The van der Waals surface area contributed by atoms with Crippen LogP contribution in [0.4, 0.5) is 14.5 Å². The van der Waals surface area contributed by atoms with Crippen LogP contribution < -0.4 is 5.32 Å². The summed E-state index contributed by atoms with van der Waals surface area (Å²) >= 11 is 0. The predicted octanol–water partition coefficient (Wildman–Crippen LogP) is 4.99. The zero-order chi connectivity index (χ0) is 19.7. The van der Waals surface area contributed by atoms with Crippen LogP contribution in [0.15, 0.2) is 67.0 Å². The van der Waals surface area contributed by atoms with Gasteiger partial charge in [0.05, 0.1) is 11.1 Å². The van der Waals surface area contributed by atoms with Gasteiger partial charge in [-0.1, -0.05) is 24.3 Å². The van der Waals surface area contributed by atoms with Crippen molar-refractivity contribution in [2.75, 3.05) is 5.32 Å². The largest absolute Gasteiger partial charge is 0.338 e. The lowest BCUT2D eigenvalue weighted by atomic mass is 10.1. The van der Waals surface area contributed by atoms with Crippen molar-refractivity contribution in [2.45, 2.75) is 12.8 Å². The van der Waals surface area contributed by atoms with Gasteiger partial charge in [-0.15, -0.1) is 0 Å². The van der Waals surface area contributed by atoms with Crippen LogP contribution in [0, 0.1) is 0 Å². The number of H-pyrrole nitrogens is 1. The van der Waals surface area contributed by atoms with Crippen LogP contribution >= 0.6 is 0 Å². The van der Waals surface area contributed by atoms with E-state index >= 15 is 0 Å². The van der Waals surface area contributed by atoms with E-state index in [1.165, 1.54) is 12.1 Å². The molecule has 0 radical (unpaired) electrons. The monoisotopic (exact) mass is 378 g/mol. The number of carbonyl (C=O) groups excluding carboxylic acids is 1. The molecular weight excluding hydrogens is 362 g/mol. The number of alkyl halides is 2. The molecule has 0 atom stereocenters. The highest BCUT2D eigenvalue weighted by molar-refractivity contribution is 6.11. The van der Waals surface area contributed by atoms with Gasteiger partial charge in [-0.05, 0) is 30.3 Å². The van der Waals surface area contributed by atoms with Crippen molar-refractivity contribution in [3.63, 3.8) is 0 Å². The van der Waals surface area contributed by atoms with Crippen LogP contribution in [0.1, 0.15) is 22.8 Å². The van der Waals surface area contributed by atoms with Gasteiger partial charge in [-0.25, -0.2) is 13.8 Å². The molecule has 140 valence electrons. The van der Waals surface area contributed by atoms with Gasteiger partial charge in [0.1, 0.15) is 11.3 Å². The lowest BCUT2D eigenvalue weighted by molar-refractivity contribution is 0.0175. The van der Waals surface area contributed by atoms with E-state index in [1.807, 2.05) is 0 Å². The number of carbonyl (C=O) groups is 1. The molecule has 0 unspecified atom stereocenters. The summed E-state index contributed by atoms with van der Waals surface area (Å²) in [5, 5.41) is 2.80. The van der Waals surface area contributed by atoms with Crippen LogP contribution in [-0.4, -0.2) is 20.9 Å². The van der Waals surface area contributed by atoms with Crippen LogP contribution in [0.2, 0.25) is 0 Å². The Kier molecular flexibility index (Phi) is 4.35. The van der Waals surface area contributed by atoms with Gasteiger partial charge in [0.2, 0.25) is 0 Å². The van der Waals surface area contributed by atoms with Gasteiger partial charge in [0.15, 0.2) is 0 Å². The normalized spacial score (nSPS) is 11.5. The van der Waals surface area contributed by atoms with Crippen molar-refractivity contribution < 1.29 is 13.6 Å². The van der Waals surface area contributed by atoms with Crippen molar-refractivity contribution in [1.82, 2.24) is 15.0 Å². The van der Waals surface area contributed by atoms with Gasteiger partial charge in [-0.3, -0.25) is 9.78 Å². The molecule has 1 amide bonds. The minimum Gasteiger partial charge on any atom is -0.338 e. The molecule has 0 fully saturated rings. The maximum Gasteiger partial charge on any atom is 0.270 e. The van der Waals surface area contributed by atoms with Crippen molar-refractivity contribution in [2.24, 2.45) is 0 Å². The lowest BCUT2D eigenvalue weighted by Crippen LogP contribution is -2.12. The van der Waals surface area contributed by atoms with Gasteiger partial charge in [-0.2, -0.15) is 0 Å². The third kappa shape index (κ3) is 3.46. The first-order valence-corrected chi connectivity index (χ1v) is 8.61. The number of rotatable bonds is 4. The third-order valence-corrected chi connectivity index (χ3v) is 4.34. The molecule has 2 aromatic heterocycles. The molecule has 2 heterocycles. The molecule has 0 spiro atoms. The number of aromatic nitrogens is 3. The maximum atomic E-state index is 13.6. The first-order chi connectivity index (χ1) is 13.4. The van der Waals surface area contributed by atoms with Crippen LogP contribution in [0.3, 0.4) is 0 Å². The highest BCUT2D eigenvalue weighted by Gasteiger charge is 2.24. The van der Waals surface area contributed by atoms with Crippen molar-refractivity contribution in [1.29, 1.82) is 0 Å². The van der Waals surface area contributed by atoms with Gasteiger partial charge >= 0.3 is 0 Å². The molecule has 2 N–H and O–H groups in total. The number of imidazole rings is 1.